The molecule has 0 saturated heterocycles. The number of rotatable bonds is 4. The number of allylic oxidation sites excluding steroid dienone is 4. The molecule has 3 aliphatic rings. The van der Waals surface area contributed by atoms with Crippen molar-refractivity contribution in [2.75, 3.05) is 4.90 Å². The molecule has 0 amide bonds. The molecule has 2 aliphatic carbocycles. The third-order valence-corrected chi connectivity index (χ3v) is 8.44. The molecule has 0 radical (unpaired) electrons. The third kappa shape index (κ3) is 5.24. The van der Waals surface area contributed by atoms with Crippen molar-refractivity contribution in [2.45, 2.75) is 38.9 Å². The number of para-hydroxylation sites is 1. The van der Waals surface area contributed by atoms with E-state index in [-0.39, 0.29) is 51.0 Å². The second-order valence-corrected chi connectivity index (χ2v) is 12.6. The van der Waals surface area contributed by atoms with E-state index in [1.807, 2.05) is 0 Å². The van der Waals surface area contributed by atoms with Crippen LogP contribution in [0.15, 0.2) is 119 Å². The average molecular weight is 632 g/mol. The molecule has 5 heteroatoms. The largest absolute Gasteiger partial charge is 2.00 e. The van der Waals surface area contributed by atoms with Crippen LogP contribution in [0, 0.1) is 0 Å². The van der Waals surface area contributed by atoms with E-state index in [9.17, 15) is 0 Å². The van der Waals surface area contributed by atoms with Gasteiger partial charge in [-0.3, -0.25) is 0 Å². The number of hydrogen-bond donors (Lipinski definition) is 0. The fraction of sp³-hybridized carbons (Fsp3) is 0.182. The van der Waals surface area contributed by atoms with E-state index < -0.39 is 8.41 Å². The predicted molar refractivity (Wildman–Crippen MR) is 153 cm³/mol. The molecular weight excluding hydrogens is 601 g/mol. The van der Waals surface area contributed by atoms with Gasteiger partial charge in [0.15, 0.2) is 0 Å². The molecular formula is C33H31Cl2NSiZr. The second kappa shape index (κ2) is 12.4. The third-order valence-electron chi connectivity index (χ3n) is 7.43. The molecule has 1 nitrogen and oxygen atoms in total. The van der Waals surface area contributed by atoms with Gasteiger partial charge in [0.2, 0.25) is 0 Å². The molecule has 1 heterocycles. The summed E-state index contributed by atoms with van der Waals surface area (Å²) in [6.45, 7) is 9.36. The monoisotopic (exact) mass is 629 g/mol. The Morgan fingerprint density at radius 3 is 2.11 bits per heavy atom. The first-order valence-corrected chi connectivity index (χ1v) is 15.1. The van der Waals surface area contributed by atoms with Crippen molar-refractivity contribution >= 4 is 25.8 Å². The minimum atomic E-state index is -0.497. The van der Waals surface area contributed by atoms with Gasteiger partial charge in [0.1, 0.15) is 0 Å². The summed E-state index contributed by atoms with van der Waals surface area (Å²) in [5.74, 6) is 0.304. The zero-order chi connectivity index (χ0) is 24.1. The van der Waals surface area contributed by atoms with Crippen LogP contribution in [-0.4, -0.2) is 20.1 Å². The van der Waals surface area contributed by atoms with Crippen molar-refractivity contribution in [3.05, 3.63) is 130 Å². The summed E-state index contributed by atoms with van der Waals surface area (Å²) >= 11 is 0. The normalized spacial score (nSPS) is 18.7. The molecule has 0 aromatic heterocycles. The standard InChI is InChI=1S/C33H31NSi.2ClH.Zr/c1-22-18-29-27(24-12-7-5-8-13-24)16-11-17-28(29)32(22)33-23(2)19-31-30(33)20-26(21-35(3)4)34(31)25-14-9-6-10-15-25;;;/h5-21,26,32H,1-4H3;2*1H;/q;;;+2/p-2. The van der Waals surface area contributed by atoms with Gasteiger partial charge in [-0.25, -0.2) is 0 Å². The van der Waals surface area contributed by atoms with Gasteiger partial charge in [0.25, 0.3) is 0 Å². The summed E-state index contributed by atoms with van der Waals surface area (Å²) < 4.78 is 0. The Morgan fingerprint density at radius 2 is 1.45 bits per heavy atom. The Balaban J connectivity index is 0.00000133. The summed E-state index contributed by atoms with van der Waals surface area (Å²) in [4.78, 5) is 2.54. The zero-order valence-corrected chi connectivity index (χ0v) is 27.1. The topological polar surface area (TPSA) is 3.24 Å². The van der Waals surface area contributed by atoms with Crippen molar-refractivity contribution < 1.29 is 51.0 Å². The molecule has 2 atom stereocenters. The Morgan fingerprint density at radius 1 is 0.789 bits per heavy atom. The Bertz CT molecular complexity index is 1480. The van der Waals surface area contributed by atoms with E-state index in [1.165, 1.54) is 55.9 Å². The van der Waals surface area contributed by atoms with Crippen LogP contribution in [0.3, 0.4) is 0 Å². The first kappa shape index (κ1) is 30.5. The molecule has 3 aromatic carbocycles. The van der Waals surface area contributed by atoms with Crippen molar-refractivity contribution in [1.82, 2.24) is 0 Å². The van der Waals surface area contributed by atoms with Crippen LogP contribution in [0.2, 0.25) is 13.1 Å². The van der Waals surface area contributed by atoms with Crippen molar-refractivity contribution in [1.29, 1.82) is 0 Å². The van der Waals surface area contributed by atoms with Gasteiger partial charge < -0.3 is 29.7 Å². The first-order chi connectivity index (χ1) is 17.0. The van der Waals surface area contributed by atoms with Crippen LogP contribution < -0.4 is 29.7 Å². The number of halogens is 2. The molecule has 2 unspecified atom stereocenters. The van der Waals surface area contributed by atoms with Gasteiger partial charge in [0.05, 0.1) is 6.04 Å². The fourth-order valence-corrected chi connectivity index (χ4v) is 6.97. The molecule has 0 bridgehead atoms. The molecule has 0 saturated carbocycles. The molecule has 0 N–H and O–H groups in total. The fourth-order valence-electron chi connectivity index (χ4n) is 6.04. The van der Waals surface area contributed by atoms with Gasteiger partial charge in [-0.05, 0) is 71.5 Å². The maximum absolute atomic E-state index is 2.57. The van der Waals surface area contributed by atoms with Gasteiger partial charge >= 0.3 is 26.2 Å². The number of fused-ring (bicyclic) bond motifs is 2. The minimum absolute atomic E-state index is 0. The quantitative estimate of drug-likeness (QED) is 0.399. The van der Waals surface area contributed by atoms with Crippen molar-refractivity contribution in [3.8, 4) is 11.1 Å². The van der Waals surface area contributed by atoms with Gasteiger partial charge in [-0.15, -0.1) is 0 Å². The molecule has 6 rings (SSSR count). The van der Waals surface area contributed by atoms with E-state index in [0.717, 1.165) is 0 Å². The summed E-state index contributed by atoms with van der Waals surface area (Å²) in [5.41, 5.74) is 16.3. The summed E-state index contributed by atoms with van der Waals surface area (Å²) in [5, 5.41) is 0. The van der Waals surface area contributed by atoms with Crippen molar-refractivity contribution in [3.63, 3.8) is 0 Å². The van der Waals surface area contributed by atoms with Crippen LogP contribution in [0.4, 0.5) is 5.69 Å². The van der Waals surface area contributed by atoms with Gasteiger partial charge in [-0.2, -0.15) is 0 Å². The zero-order valence-electron chi connectivity index (χ0n) is 22.2. The van der Waals surface area contributed by atoms with E-state index in [4.69, 9.17) is 0 Å². The minimum Gasteiger partial charge on any atom is -1.00 e. The van der Waals surface area contributed by atoms with Crippen LogP contribution in [0.25, 0.3) is 17.2 Å². The number of hydrogen-bond acceptors (Lipinski definition) is 1. The maximum Gasteiger partial charge on any atom is 2.00 e. The van der Waals surface area contributed by atoms with E-state index >= 15 is 0 Å². The molecule has 0 spiro atoms. The van der Waals surface area contributed by atoms with Crippen LogP contribution >= 0.6 is 0 Å². The molecule has 0 fully saturated rings. The summed E-state index contributed by atoms with van der Waals surface area (Å²) in [6.07, 6.45) is 7.37. The van der Waals surface area contributed by atoms with E-state index in [1.54, 1.807) is 0 Å². The Labute approximate surface area is 260 Å². The second-order valence-electron chi connectivity index (χ2n) is 10.1. The van der Waals surface area contributed by atoms with Crippen LogP contribution in [0.1, 0.15) is 30.9 Å². The number of benzene rings is 3. The molecule has 190 valence electrons. The Kier molecular flexibility index (Phi) is 9.98. The molecule has 3 aromatic rings. The van der Waals surface area contributed by atoms with Gasteiger partial charge in [-0.1, -0.05) is 97.1 Å². The van der Waals surface area contributed by atoms with E-state index in [0.29, 0.717) is 12.0 Å². The number of anilines is 1. The van der Waals surface area contributed by atoms with Gasteiger partial charge in [0, 0.05) is 31.3 Å². The maximum atomic E-state index is 2.57. The number of nitrogens with zero attached hydrogens (tertiary/aromatic N) is 1. The van der Waals surface area contributed by atoms with Crippen LogP contribution in [0.5, 0.6) is 0 Å². The van der Waals surface area contributed by atoms with Crippen LogP contribution in [-0.2, 0) is 26.2 Å². The molecule has 1 aliphatic heterocycles. The summed E-state index contributed by atoms with van der Waals surface area (Å²) in [6, 6.07) is 28.8. The first-order valence-electron chi connectivity index (χ1n) is 12.5. The summed E-state index contributed by atoms with van der Waals surface area (Å²) in [7, 11) is -0.497. The smallest absolute Gasteiger partial charge is 1.00 e. The molecule has 38 heavy (non-hydrogen) atoms. The van der Waals surface area contributed by atoms with Crippen molar-refractivity contribution in [2.24, 2.45) is 0 Å². The average Bonchev–Trinajstić information content (AvgIpc) is 3.47. The Hall–Kier alpha value is -2.03. The van der Waals surface area contributed by atoms with E-state index in [2.05, 4.69) is 135 Å². The predicted octanol–water partition coefficient (Wildman–Crippen LogP) is 2.03. The SMILES string of the molecule is CC1=Cc2c(-c3ccccc3)cccc2C1C1=C(C)C=C2C1=CC(C=[Si](C)C)N2c1ccccc1.[Cl-].[Cl-].[Zr+2].